The molecule has 0 fully saturated rings. The number of rotatable bonds is 4. The van der Waals surface area contributed by atoms with E-state index in [9.17, 15) is 0 Å². The van der Waals surface area contributed by atoms with Gasteiger partial charge in [0.2, 0.25) is 0 Å². The lowest BCUT2D eigenvalue weighted by atomic mass is 10.1. The van der Waals surface area contributed by atoms with Crippen molar-refractivity contribution < 1.29 is 14.6 Å². The van der Waals surface area contributed by atoms with Crippen LogP contribution in [0.25, 0.3) is 22.2 Å². The van der Waals surface area contributed by atoms with Crippen LogP contribution in [0.5, 0.6) is 5.75 Å². The summed E-state index contributed by atoms with van der Waals surface area (Å²) < 4.78 is 7.08. The van der Waals surface area contributed by atoms with E-state index in [0.717, 1.165) is 33.5 Å². The van der Waals surface area contributed by atoms with Gasteiger partial charge in [0.05, 0.1) is 43.4 Å². The lowest BCUT2D eigenvalue weighted by Gasteiger charge is -2.03. The molecule has 4 rings (SSSR count). The number of pyridine rings is 1. The van der Waals surface area contributed by atoms with Crippen LogP contribution in [0.15, 0.2) is 55.4 Å². The fraction of sp³-hybridized carbons (Fsp3) is 0.111. The van der Waals surface area contributed by atoms with Gasteiger partial charge in [-0.2, -0.15) is 5.10 Å². The van der Waals surface area contributed by atoms with Crippen LogP contribution in [-0.2, 0) is 11.3 Å². The van der Waals surface area contributed by atoms with Gasteiger partial charge in [-0.1, -0.05) is 12.1 Å². The zero-order valence-corrected chi connectivity index (χ0v) is 14.0. The summed E-state index contributed by atoms with van der Waals surface area (Å²) in [6.45, 7) is 0.452. The first kappa shape index (κ1) is 17.2. The third-order valence-electron chi connectivity index (χ3n) is 3.78. The molecule has 0 saturated heterocycles. The van der Waals surface area contributed by atoms with Crippen LogP contribution in [0, 0.1) is 0 Å². The second-order valence-corrected chi connectivity index (χ2v) is 5.37. The number of imidazole rings is 1. The van der Waals surface area contributed by atoms with Crippen LogP contribution in [0.3, 0.4) is 0 Å². The maximum atomic E-state index is 8.36. The Morgan fingerprint density at radius 1 is 1.23 bits per heavy atom. The Morgan fingerprint density at radius 2 is 2.00 bits per heavy atom. The molecule has 0 unspecified atom stereocenters. The van der Waals surface area contributed by atoms with Gasteiger partial charge in [0, 0.05) is 23.5 Å². The van der Waals surface area contributed by atoms with E-state index in [-0.39, 0.29) is 6.47 Å². The third-order valence-corrected chi connectivity index (χ3v) is 3.78. The van der Waals surface area contributed by atoms with Gasteiger partial charge in [-0.05, 0) is 17.7 Å². The molecule has 1 aromatic carbocycles. The Kier molecular flexibility index (Phi) is 5.23. The van der Waals surface area contributed by atoms with Gasteiger partial charge < -0.3 is 14.8 Å². The molecule has 4 aromatic rings. The van der Waals surface area contributed by atoms with Crippen molar-refractivity contribution in [2.45, 2.75) is 6.54 Å². The van der Waals surface area contributed by atoms with Crippen molar-refractivity contribution in [3.63, 3.8) is 0 Å². The smallest absolute Gasteiger partial charge is 0.290 e. The minimum Gasteiger partial charge on any atom is -0.497 e. The summed E-state index contributed by atoms with van der Waals surface area (Å²) in [5.41, 5.74) is 4.97. The zero-order chi connectivity index (χ0) is 18.4. The molecule has 8 nitrogen and oxygen atoms in total. The van der Waals surface area contributed by atoms with E-state index in [0.29, 0.717) is 6.54 Å². The summed E-state index contributed by atoms with van der Waals surface area (Å²) in [7, 11) is 1.67. The van der Waals surface area contributed by atoms with Crippen LogP contribution in [0.2, 0.25) is 0 Å². The van der Waals surface area contributed by atoms with Gasteiger partial charge in [-0.25, -0.2) is 4.98 Å². The van der Waals surface area contributed by atoms with Crippen molar-refractivity contribution in [2.24, 2.45) is 0 Å². The molecule has 0 atom stereocenters. The number of nitrogens with zero attached hydrogens (tertiary/aromatic N) is 4. The van der Waals surface area contributed by atoms with Crippen LogP contribution < -0.4 is 4.74 Å². The molecule has 132 valence electrons. The van der Waals surface area contributed by atoms with E-state index in [2.05, 4.69) is 20.1 Å². The minimum absolute atomic E-state index is 0.250. The highest BCUT2D eigenvalue weighted by atomic mass is 16.5. The number of nitrogens with one attached hydrogen (secondary N) is 1. The maximum Gasteiger partial charge on any atom is 0.290 e. The summed E-state index contributed by atoms with van der Waals surface area (Å²) in [5, 5.41) is 11.3. The minimum atomic E-state index is -0.250. The zero-order valence-electron chi connectivity index (χ0n) is 14.0. The first-order valence-corrected chi connectivity index (χ1v) is 7.76. The number of aromatic amines is 1. The predicted octanol–water partition coefficient (Wildman–Crippen LogP) is 2.58. The number of carboxylic acid groups (broad SMARTS) is 1. The van der Waals surface area contributed by atoms with Crippen molar-refractivity contribution in [1.29, 1.82) is 0 Å². The maximum absolute atomic E-state index is 8.36. The van der Waals surface area contributed by atoms with E-state index in [4.69, 9.17) is 14.6 Å². The van der Waals surface area contributed by atoms with Crippen molar-refractivity contribution >= 4 is 17.5 Å². The summed E-state index contributed by atoms with van der Waals surface area (Å²) in [6.07, 6.45) is 9.12. The van der Waals surface area contributed by atoms with E-state index >= 15 is 0 Å². The second-order valence-electron chi connectivity index (χ2n) is 5.37. The number of aromatic nitrogens is 5. The first-order chi connectivity index (χ1) is 12.7. The molecule has 3 aromatic heterocycles. The average molecular weight is 351 g/mol. The fourth-order valence-electron chi connectivity index (χ4n) is 2.58. The number of carbonyl (C=O) groups is 1. The van der Waals surface area contributed by atoms with E-state index in [1.165, 1.54) is 0 Å². The van der Waals surface area contributed by atoms with Gasteiger partial charge in [0.15, 0.2) is 0 Å². The number of fused-ring (bicyclic) bond motifs is 1. The topological polar surface area (TPSA) is 106 Å². The van der Waals surface area contributed by atoms with Gasteiger partial charge in [0.25, 0.3) is 6.47 Å². The molecule has 0 bridgehead atoms. The summed E-state index contributed by atoms with van der Waals surface area (Å²) in [5.74, 6) is 0.853. The Hall–Kier alpha value is -3.68. The molecule has 0 aliphatic carbocycles. The van der Waals surface area contributed by atoms with Gasteiger partial charge in [0.1, 0.15) is 5.75 Å². The number of H-pyrrole nitrogens is 1. The number of ether oxygens (including phenoxy) is 1. The molecular weight excluding hydrogens is 334 g/mol. The fourth-order valence-corrected chi connectivity index (χ4v) is 2.58. The summed E-state index contributed by atoms with van der Waals surface area (Å²) in [4.78, 5) is 20.0. The average Bonchev–Trinajstić information content (AvgIpc) is 3.32. The molecular formula is C18H17N5O3. The van der Waals surface area contributed by atoms with Gasteiger partial charge in [-0.15, -0.1) is 0 Å². The Morgan fingerprint density at radius 3 is 2.73 bits per heavy atom. The molecule has 0 spiro atoms. The normalized spacial score (nSPS) is 10.2. The Balaban J connectivity index is 0.000000613. The highest BCUT2D eigenvalue weighted by Crippen LogP contribution is 2.25. The molecule has 8 heteroatoms. The van der Waals surface area contributed by atoms with Crippen LogP contribution in [0.1, 0.15) is 5.56 Å². The number of benzene rings is 1. The monoisotopic (exact) mass is 351 g/mol. The summed E-state index contributed by atoms with van der Waals surface area (Å²) in [6, 6.07) is 7.98. The lowest BCUT2D eigenvalue weighted by Crippen LogP contribution is -1.99. The van der Waals surface area contributed by atoms with E-state index < -0.39 is 0 Å². The van der Waals surface area contributed by atoms with Crippen LogP contribution in [-0.4, -0.2) is 43.4 Å². The molecule has 2 N–H and O–H groups in total. The Bertz CT molecular complexity index is 991. The largest absolute Gasteiger partial charge is 0.497 e. The summed E-state index contributed by atoms with van der Waals surface area (Å²) >= 11 is 0. The quantitative estimate of drug-likeness (QED) is 0.547. The molecule has 0 radical (unpaired) electrons. The third kappa shape index (κ3) is 3.69. The van der Waals surface area contributed by atoms with E-state index in [1.54, 1.807) is 19.6 Å². The van der Waals surface area contributed by atoms with Crippen LogP contribution in [0.4, 0.5) is 0 Å². The highest BCUT2D eigenvalue weighted by molar-refractivity contribution is 5.90. The Labute approximate surface area is 149 Å². The van der Waals surface area contributed by atoms with Crippen LogP contribution >= 0.6 is 0 Å². The molecule has 0 saturated carbocycles. The van der Waals surface area contributed by atoms with Crippen molar-refractivity contribution in [3.8, 4) is 16.9 Å². The van der Waals surface area contributed by atoms with Crippen molar-refractivity contribution in [2.75, 3.05) is 7.11 Å². The van der Waals surface area contributed by atoms with E-state index in [1.807, 2.05) is 47.5 Å². The first-order valence-electron chi connectivity index (χ1n) is 7.76. The molecule has 3 heterocycles. The van der Waals surface area contributed by atoms with Gasteiger partial charge >= 0.3 is 0 Å². The molecule has 0 aliphatic heterocycles. The predicted molar refractivity (Wildman–Crippen MR) is 95.9 cm³/mol. The van der Waals surface area contributed by atoms with Crippen molar-refractivity contribution in [3.05, 3.63) is 60.9 Å². The second kappa shape index (κ2) is 7.93. The standard InChI is InChI=1S/C17H15N5O.CH2O2/c1-23-14-4-2-12(3-5-14)9-22-10-13(6-21-22)15-7-18-8-16-17(15)20-11-19-16;2-1-3/h2-8,10-11H,9H2,1H3,(H,19,20);1H,(H,2,3). The highest BCUT2D eigenvalue weighted by Gasteiger charge is 2.09. The number of hydrogen-bond acceptors (Lipinski definition) is 5. The van der Waals surface area contributed by atoms with Gasteiger partial charge in [-0.3, -0.25) is 14.5 Å². The number of hydrogen-bond donors (Lipinski definition) is 2. The lowest BCUT2D eigenvalue weighted by molar-refractivity contribution is -0.122. The number of methoxy groups -OCH3 is 1. The molecule has 26 heavy (non-hydrogen) atoms. The molecule has 0 amide bonds. The SMILES string of the molecule is COc1ccc(Cn2cc(-c3cncc4[nH]cnc34)cn2)cc1.O=CO. The molecule has 0 aliphatic rings. The van der Waals surface area contributed by atoms with Crippen molar-refractivity contribution in [1.82, 2.24) is 24.7 Å².